The summed E-state index contributed by atoms with van der Waals surface area (Å²) in [4.78, 5) is 37.5. The van der Waals surface area contributed by atoms with Crippen molar-refractivity contribution < 1.29 is 98.1 Å². The molecule has 0 unspecified atom stereocenters. The standard InChI is InChI=1S/C19H15FNO2.C10H9FO.C9H10NO2.2Y/c1-12-17(19(22)23-2)8-5-15-10-14(11-21-18(12)15)9-13-3-6-16(20)7-4-13;1-8(7-12)6-9-2-4-10(11)5-3-9;1-6-7(9(11)12-2)4-3-5-8(6)10;;/h3-4,6-8,10-11H,9H2,1-2H3;2-5,7H,1,6H2;4-5H,10H2,1-2H3;;/q-1;;-1;;. The van der Waals surface area contributed by atoms with Crippen LogP contribution in [0.3, 0.4) is 0 Å². The molecule has 0 amide bonds. The molecule has 0 saturated heterocycles. The molecule has 0 spiro atoms. The van der Waals surface area contributed by atoms with E-state index in [-0.39, 0.29) is 83.0 Å². The Morgan fingerprint density at radius 1 is 0.837 bits per heavy atom. The summed E-state index contributed by atoms with van der Waals surface area (Å²) < 4.78 is 34.7. The normalized spacial score (nSPS) is 9.67. The minimum absolute atomic E-state index is 0. The van der Waals surface area contributed by atoms with Gasteiger partial charge in [-0.15, -0.1) is 29.1 Å². The van der Waals surface area contributed by atoms with Crippen molar-refractivity contribution in [1.82, 2.24) is 4.98 Å². The van der Waals surface area contributed by atoms with Gasteiger partial charge in [0.15, 0.2) is 0 Å². The van der Waals surface area contributed by atoms with Crippen LogP contribution in [0.1, 0.15) is 48.5 Å². The van der Waals surface area contributed by atoms with E-state index < -0.39 is 5.97 Å². The number of carbonyl (C=O) groups is 3. The predicted octanol–water partition coefficient (Wildman–Crippen LogP) is 7.14. The minimum atomic E-state index is -0.391. The molecule has 0 aliphatic heterocycles. The minimum Gasteiger partial charge on any atom is -0.475 e. The fraction of sp³-hybridized carbons (Fsp3) is 0.158. The molecule has 0 aliphatic carbocycles. The van der Waals surface area contributed by atoms with E-state index in [2.05, 4.69) is 28.4 Å². The second-order valence-corrected chi connectivity index (χ2v) is 10.4. The molecule has 4 aromatic carbocycles. The zero-order valence-corrected chi connectivity index (χ0v) is 33.4. The molecule has 2 radical (unpaired) electrons. The number of nitrogen functional groups attached to an aromatic ring is 1. The number of rotatable bonds is 7. The van der Waals surface area contributed by atoms with E-state index >= 15 is 0 Å². The van der Waals surface area contributed by atoms with Gasteiger partial charge in [-0.25, -0.2) is 8.78 Å². The summed E-state index contributed by atoms with van der Waals surface area (Å²) in [6.07, 6.45) is 3.63. The van der Waals surface area contributed by atoms with E-state index in [4.69, 9.17) is 10.5 Å². The third kappa shape index (κ3) is 13.0. The molecule has 5 aromatic rings. The van der Waals surface area contributed by atoms with Gasteiger partial charge in [-0.05, 0) is 64.0 Å². The molecule has 1 heterocycles. The molecule has 5 rings (SSSR count). The Morgan fingerprint density at radius 2 is 1.37 bits per heavy atom. The summed E-state index contributed by atoms with van der Waals surface area (Å²) in [5.74, 6) is -1.28. The number of aromatic nitrogens is 1. The third-order valence-corrected chi connectivity index (χ3v) is 7.02. The Morgan fingerprint density at radius 3 is 1.90 bits per heavy atom. The number of nitrogens with zero attached hydrogens (tertiary/aromatic N) is 1. The molecule has 7 nitrogen and oxygen atoms in total. The number of aryl methyl sites for hydroxylation is 1. The fourth-order valence-corrected chi connectivity index (χ4v) is 4.37. The molecule has 11 heteroatoms. The van der Waals surface area contributed by atoms with Crippen LogP contribution < -0.4 is 5.73 Å². The van der Waals surface area contributed by atoms with Crippen LogP contribution in [0.4, 0.5) is 14.5 Å². The second kappa shape index (κ2) is 21.6. The van der Waals surface area contributed by atoms with E-state index in [1.807, 2.05) is 13.0 Å². The molecule has 0 atom stereocenters. The molecule has 0 saturated carbocycles. The van der Waals surface area contributed by atoms with Crippen molar-refractivity contribution >= 4 is 34.8 Å². The first kappa shape index (κ1) is 43.5. The monoisotopic (exact) mass is 814 g/mol. The molecule has 248 valence electrons. The maximum absolute atomic E-state index is 13.0. The number of ether oxygens (including phenoxy) is 2. The molecule has 2 N–H and O–H groups in total. The quantitative estimate of drug-likeness (QED) is 0.0612. The number of carbonyl (C=O) groups excluding carboxylic acids is 3. The van der Waals surface area contributed by atoms with Crippen molar-refractivity contribution in [2.24, 2.45) is 0 Å². The maximum atomic E-state index is 13.0. The Hall–Kier alpha value is -3.49. The van der Waals surface area contributed by atoms with Gasteiger partial charge in [-0.3, -0.25) is 14.4 Å². The second-order valence-electron chi connectivity index (χ2n) is 10.4. The van der Waals surface area contributed by atoms with Crippen molar-refractivity contribution in [3.63, 3.8) is 0 Å². The van der Waals surface area contributed by atoms with Gasteiger partial charge in [0, 0.05) is 78.0 Å². The molecular formula is C38H34F2N2O5Y2-2. The number of hydrogen-bond donors (Lipinski definition) is 1. The first-order valence-electron chi connectivity index (χ1n) is 14.3. The van der Waals surface area contributed by atoms with Crippen LogP contribution in [0, 0.1) is 37.6 Å². The smallest absolute Gasteiger partial charge is 0.295 e. The SMILES string of the molecule is C=C(C=O)Cc1ccc(F)cc1.COC(=O)c1c[c-]c2cc(Cc3ccc(F)cc3)cnc2c1C.COC(=O)c1c[c-]cc(N)c1C.[Y].[Y]. The van der Waals surface area contributed by atoms with Crippen LogP contribution in [0.2, 0.25) is 0 Å². The van der Waals surface area contributed by atoms with Gasteiger partial charge in [0.05, 0.1) is 14.2 Å². The topological polar surface area (TPSA) is 109 Å². The molecule has 1 aromatic heterocycles. The van der Waals surface area contributed by atoms with E-state index in [1.54, 1.807) is 55.6 Å². The van der Waals surface area contributed by atoms with Crippen LogP contribution in [-0.2, 0) is 92.5 Å². The van der Waals surface area contributed by atoms with Crippen LogP contribution in [0.15, 0.2) is 91.1 Å². The van der Waals surface area contributed by atoms with Crippen LogP contribution >= 0.6 is 0 Å². The number of aldehydes is 1. The average molecular weight is 815 g/mol. The summed E-state index contributed by atoms with van der Waals surface area (Å²) >= 11 is 0. The number of nitrogens with two attached hydrogens (primary N) is 1. The number of benzene rings is 4. The number of hydrogen-bond acceptors (Lipinski definition) is 7. The van der Waals surface area contributed by atoms with Crippen molar-refractivity contribution in [2.45, 2.75) is 26.7 Å². The van der Waals surface area contributed by atoms with Crippen LogP contribution in [0.25, 0.3) is 10.9 Å². The maximum Gasteiger partial charge on any atom is 0.295 e. The molecular weight excluding hydrogens is 780 g/mol. The van der Waals surface area contributed by atoms with Gasteiger partial charge >= 0.3 is 0 Å². The number of halogens is 2. The summed E-state index contributed by atoms with van der Waals surface area (Å²) in [5.41, 5.74) is 12.7. The Labute approximate surface area is 335 Å². The number of methoxy groups -OCH3 is 2. The zero-order chi connectivity index (χ0) is 34.5. The van der Waals surface area contributed by atoms with Gasteiger partial charge in [-0.2, -0.15) is 18.2 Å². The molecule has 0 aliphatic rings. The van der Waals surface area contributed by atoms with E-state index in [9.17, 15) is 23.2 Å². The molecule has 49 heavy (non-hydrogen) atoms. The largest absolute Gasteiger partial charge is 0.475 e. The third-order valence-electron chi connectivity index (χ3n) is 7.02. The van der Waals surface area contributed by atoms with Gasteiger partial charge in [-0.1, -0.05) is 61.5 Å². The van der Waals surface area contributed by atoms with Crippen molar-refractivity contribution in [3.05, 3.63) is 154 Å². The number of esters is 2. The average Bonchev–Trinajstić information content (AvgIpc) is 3.08. The Kier molecular flexibility index (Phi) is 19.2. The number of fused-ring (bicyclic) bond motifs is 1. The zero-order valence-electron chi connectivity index (χ0n) is 27.7. The summed E-state index contributed by atoms with van der Waals surface area (Å²) in [6, 6.07) is 25.1. The van der Waals surface area contributed by atoms with Gasteiger partial charge in [0.25, 0.3) is 11.9 Å². The van der Waals surface area contributed by atoms with Gasteiger partial charge < -0.3 is 20.2 Å². The first-order valence-corrected chi connectivity index (χ1v) is 14.3. The van der Waals surface area contributed by atoms with Gasteiger partial charge in [0.1, 0.15) is 17.9 Å². The van der Waals surface area contributed by atoms with Crippen LogP contribution in [-0.4, -0.2) is 37.4 Å². The molecule has 0 fully saturated rings. The fourth-order valence-electron chi connectivity index (χ4n) is 4.37. The van der Waals surface area contributed by atoms with Gasteiger partial charge in [0.2, 0.25) is 0 Å². The van der Waals surface area contributed by atoms with Crippen molar-refractivity contribution in [2.75, 3.05) is 20.0 Å². The number of pyridine rings is 1. The number of allylic oxidation sites excluding steroid dienone is 1. The van der Waals surface area contributed by atoms with E-state index in [0.717, 1.165) is 38.7 Å². The van der Waals surface area contributed by atoms with E-state index in [1.165, 1.54) is 38.5 Å². The summed E-state index contributed by atoms with van der Waals surface area (Å²) in [7, 11) is 2.69. The number of anilines is 1. The summed E-state index contributed by atoms with van der Waals surface area (Å²) in [5, 5.41) is 0.842. The first-order chi connectivity index (χ1) is 22.5. The van der Waals surface area contributed by atoms with Crippen molar-refractivity contribution in [1.29, 1.82) is 0 Å². The van der Waals surface area contributed by atoms with E-state index in [0.29, 0.717) is 41.5 Å². The predicted molar refractivity (Wildman–Crippen MR) is 177 cm³/mol. The van der Waals surface area contributed by atoms with Crippen molar-refractivity contribution in [3.8, 4) is 0 Å². The Bertz CT molecular complexity index is 1880. The molecule has 0 bridgehead atoms. The van der Waals surface area contributed by atoms with Crippen LogP contribution in [0.5, 0.6) is 0 Å². The summed E-state index contributed by atoms with van der Waals surface area (Å²) in [6.45, 7) is 7.14. The Balaban J connectivity index is 0.000000394.